The van der Waals surface area contributed by atoms with Crippen molar-refractivity contribution in [2.24, 2.45) is 0 Å². The number of thiocarbonyl (C=S) groups is 1. The van der Waals surface area contributed by atoms with Gasteiger partial charge in [-0.15, -0.1) is 0 Å². The van der Waals surface area contributed by atoms with Gasteiger partial charge in [-0.05, 0) is 36.5 Å². The van der Waals surface area contributed by atoms with Crippen LogP contribution in [0.15, 0.2) is 24.3 Å². The van der Waals surface area contributed by atoms with Crippen molar-refractivity contribution in [1.29, 1.82) is 0 Å². The van der Waals surface area contributed by atoms with Gasteiger partial charge in [0, 0.05) is 31.4 Å². The molecule has 5 nitrogen and oxygen atoms in total. The number of anilines is 1. The Morgan fingerprint density at radius 3 is 2.47 bits per heavy atom. The van der Waals surface area contributed by atoms with Gasteiger partial charge in [0.2, 0.25) is 0 Å². The van der Waals surface area contributed by atoms with Crippen LogP contribution in [0.2, 0.25) is 0 Å². The van der Waals surface area contributed by atoms with E-state index in [0.717, 1.165) is 5.69 Å². The van der Waals surface area contributed by atoms with E-state index in [2.05, 4.69) is 10.6 Å². The number of ether oxygens (including phenoxy) is 1. The molecular weight excluding hydrogens is 262 g/mol. The highest BCUT2D eigenvalue weighted by Crippen LogP contribution is 2.12. The summed E-state index contributed by atoms with van der Waals surface area (Å²) in [5.74, 6) is 0.0473. The van der Waals surface area contributed by atoms with Gasteiger partial charge in [0.1, 0.15) is 0 Å². The second kappa shape index (κ2) is 6.49. The Morgan fingerprint density at radius 2 is 1.89 bits per heavy atom. The van der Waals surface area contributed by atoms with E-state index in [4.69, 9.17) is 17.0 Å². The molecule has 0 radical (unpaired) electrons. The van der Waals surface area contributed by atoms with E-state index in [1.165, 1.54) is 0 Å². The minimum atomic E-state index is 0.0473. The molecule has 2 N–H and O–H groups in total. The van der Waals surface area contributed by atoms with Crippen LogP contribution in [0, 0.1) is 0 Å². The van der Waals surface area contributed by atoms with E-state index < -0.39 is 0 Å². The zero-order valence-electron chi connectivity index (χ0n) is 10.8. The Hall–Kier alpha value is -1.66. The standard InChI is InChI=1S/C13H17N3O2S/c1-14-13(19)15-11-4-2-10(3-5-11)12(17)16-6-8-18-9-7-16/h2-5H,6-9H2,1H3,(H2,14,15,19). The van der Waals surface area contributed by atoms with Crippen LogP contribution in [0.1, 0.15) is 10.4 Å². The number of hydrogen-bond acceptors (Lipinski definition) is 3. The number of nitrogens with one attached hydrogen (secondary N) is 2. The summed E-state index contributed by atoms with van der Waals surface area (Å²) in [6.45, 7) is 2.54. The summed E-state index contributed by atoms with van der Waals surface area (Å²) in [5, 5.41) is 6.39. The minimum Gasteiger partial charge on any atom is -0.378 e. The average Bonchev–Trinajstić information content (AvgIpc) is 2.48. The van der Waals surface area contributed by atoms with Crippen molar-refractivity contribution in [3.05, 3.63) is 29.8 Å². The summed E-state index contributed by atoms with van der Waals surface area (Å²) in [7, 11) is 1.76. The molecule has 1 aromatic rings. The summed E-state index contributed by atoms with van der Waals surface area (Å²) in [5.41, 5.74) is 1.54. The van der Waals surface area contributed by atoms with Crippen LogP contribution in [0.25, 0.3) is 0 Å². The van der Waals surface area contributed by atoms with Crippen LogP contribution in [0.3, 0.4) is 0 Å². The highest BCUT2D eigenvalue weighted by Gasteiger charge is 2.18. The zero-order valence-corrected chi connectivity index (χ0v) is 11.6. The van der Waals surface area contributed by atoms with Crippen molar-refractivity contribution in [3.63, 3.8) is 0 Å². The van der Waals surface area contributed by atoms with Gasteiger partial charge in [0.05, 0.1) is 13.2 Å². The summed E-state index contributed by atoms with van der Waals surface area (Å²) in [6, 6.07) is 7.30. The quantitative estimate of drug-likeness (QED) is 0.793. The number of amides is 1. The number of carbonyl (C=O) groups is 1. The van der Waals surface area contributed by atoms with Crippen molar-refractivity contribution in [3.8, 4) is 0 Å². The highest BCUT2D eigenvalue weighted by molar-refractivity contribution is 7.80. The number of carbonyl (C=O) groups excluding carboxylic acids is 1. The molecule has 0 spiro atoms. The summed E-state index contributed by atoms with van der Waals surface area (Å²) in [4.78, 5) is 14.0. The first-order valence-electron chi connectivity index (χ1n) is 6.16. The number of nitrogens with zero attached hydrogens (tertiary/aromatic N) is 1. The molecule has 0 bridgehead atoms. The molecule has 6 heteroatoms. The molecule has 2 rings (SSSR count). The third-order valence-electron chi connectivity index (χ3n) is 2.92. The van der Waals surface area contributed by atoms with Gasteiger partial charge in [-0.25, -0.2) is 0 Å². The van der Waals surface area contributed by atoms with Crippen LogP contribution >= 0.6 is 12.2 Å². The molecule has 19 heavy (non-hydrogen) atoms. The summed E-state index contributed by atoms with van der Waals surface area (Å²) < 4.78 is 5.24. The minimum absolute atomic E-state index is 0.0473. The predicted octanol–water partition coefficient (Wildman–Crippen LogP) is 1.08. The predicted molar refractivity (Wildman–Crippen MR) is 78.4 cm³/mol. The number of benzene rings is 1. The van der Waals surface area contributed by atoms with Gasteiger partial charge >= 0.3 is 0 Å². The van der Waals surface area contributed by atoms with Gasteiger partial charge in [0.25, 0.3) is 5.91 Å². The van der Waals surface area contributed by atoms with E-state index in [0.29, 0.717) is 37.0 Å². The van der Waals surface area contributed by atoms with Gasteiger partial charge in [-0.3, -0.25) is 4.79 Å². The van der Waals surface area contributed by atoms with E-state index in [1.54, 1.807) is 19.2 Å². The zero-order chi connectivity index (χ0) is 13.7. The van der Waals surface area contributed by atoms with Crippen molar-refractivity contribution in [2.45, 2.75) is 0 Å². The van der Waals surface area contributed by atoms with Crippen LogP contribution in [-0.2, 0) is 4.74 Å². The first kappa shape index (κ1) is 13.8. The van der Waals surface area contributed by atoms with Crippen LogP contribution in [0.4, 0.5) is 5.69 Å². The first-order chi connectivity index (χ1) is 9.20. The SMILES string of the molecule is CNC(=S)Nc1ccc(C(=O)N2CCOCC2)cc1. The summed E-state index contributed by atoms with van der Waals surface area (Å²) >= 11 is 5.01. The Bertz CT molecular complexity index is 455. The van der Waals surface area contributed by atoms with Crippen molar-refractivity contribution >= 4 is 28.9 Å². The molecule has 1 fully saturated rings. The molecule has 0 aromatic heterocycles. The molecule has 1 aromatic carbocycles. The number of hydrogen-bond donors (Lipinski definition) is 2. The molecule has 0 saturated carbocycles. The fraction of sp³-hybridized carbons (Fsp3) is 0.385. The number of rotatable bonds is 2. The molecule has 0 aliphatic carbocycles. The summed E-state index contributed by atoms with van der Waals surface area (Å²) in [6.07, 6.45) is 0. The molecule has 0 unspecified atom stereocenters. The van der Waals surface area contributed by atoms with Crippen LogP contribution in [-0.4, -0.2) is 49.3 Å². The molecule has 102 valence electrons. The van der Waals surface area contributed by atoms with E-state index in [1.807, 2.05) is 17.0 Å². The molecule has 1 amide bonds. The van der Waals surface area contributed by atoms with Gasteiger partial charge in [-0.1, -0.05) is 0 Å². The number of morpholine rings is 1. The Kier molecular flexibility index (Phi) is 4.70. The second-order valence-corrected chi connectivity index (χ2v) is 4.59. The largest absolute Gasteiger partial charge is 0.378 e. The lowest BCUT2D eigenvalue weighted by atomic mass is 10.1. The second-order valence-electron chi connectivity index (χ2n) is 4.19. The molecule has 1 aliphatic heterocycles. The maximum absolute atomic E-state index is 12.2. The lowest BCUT2D eigenvalue weighted by molar-refractivity contribution is 0.0303. The third kappa shape index (κ3) is 3.65. The molecule has 0 atom stereocenters. The molecular formula is C13H17N3O2S. The van der Waals surface area contributed by atoms with Gasteiger partial charge in [0.15, 0.2) is 5.11 Å². The molecule has 1 heterocycles. The highest BCUT2D eigenvalue weighted by atomic mass is 32.1. The normalized spacial score (nSPS) is 14.9. The monoisotopic (exact) mass is 279 g/mol. The van der Waals surface area contributed by atoms with Crippen LogP contribution < -0.4 is 10.6 Å². The van der Waals surface area contributed by atoms with E-state index >= 15 is 0 Å². The Labute approximate surface area is 117 Å². The lowest BCUT2D eigenvalue weighted by Gasteiger charge is -2.26. The molecule has 1 aliphatic rings. The lowest BCUT2D eigenvalue weighted by Crippen LogP contribution is -2.40. The topological polar surface area (TPSA) is 53.6 Å². The fourth-order valence-corrected chi connectivity index (χ4v) is 1.96. The van der Waals surface area contributed by atoms with E-state index in [-0.39, 0.29) is 5.91 Å². The maximum atomic E-state index is 12.2. The fourth-order valence-electron chi connectivity index (χ4n) is 1.84. The van der Waals surface area contributed by atoms with Gasteiger partial charge < -0.3 is 20.3 Å². The molecule has 1 saturated heterocycles. The van der Waals surface area contributed by atoms with Crippen LogP contribution in [0.5, 0.6) is 0 Å². The van der Waals surface area contributed by atoms with Crippen molar-refractivity contribution in [2.75, 3.05) is 38.7 Å². The van der Waals surface area contributed by atoms with Crippen molar-refractivity contribution < 1.29 is 9.53 Å². The third-order valence-corrected chi connectivity index (χ3v) is 3.22. The van der Waals surface area contributed by atoms with E-state index in [9.17, 15) is 4.79 Å². The maximum Gasteiger partial charge on any atom is 0.254 e. The Morgan fingerprint density at radius 1 is 1.26 bits per heavy atom. The average molecular weight is 279 g/mol. The first-order valence-corrected chi connectivity index (χ1v) is 6.57. The van der Waals surface area contributed by atoms with Gasteiger partial charge in [-0.2, -0.15) is 0 Å². The smallest absolute Gasteiger partial charge is 0.254 e. The Balaban J connectivity index is 2.01. The van der Waals surface area contributed by atoms with Crippen molar-refractivity contribution in [1.82, 2.24) is 10.2 Å².